The number of rotatable bonds is 1. The molecule has 6 nitrogen and oxygen atoms in total. The number of amides is 1. The van der Waals surface area contributed by atoms with Crippen LogP contribution in [0.25, 0.3) is 0 Å². The Morgan fingerprint density at radius 3 is 2.29 bits per heavy atom. The van der Waals surface area contributed by atoms with Gasteiger partial charge in [0.2, 0.25) is 12.1 Å². The fraction of sp³-hybridized carbons (Fsp3) is 0.200. The molecule has 0 spiro atoms. The zero-order valence-corrected chi connectivity index (χ0v) is 12.5. The van der Waals surface area contributed by atoms with Gasteiger partial charge in [0.05, 0.1) is 5.69 Å². The van der Waals surface area contributed by atoms with Crippen LogP contribution in [-0.2, 0) is 4.79 Å². The van der Waals surface area contributed by atoms with Crippen molar-refractivity contribution in [2.24, 2.45) is 0 Å². The molecule has 2 rings (SSSR count). The third kappa shape index (κ3) is 6.64. The summed E-state index contributed by atoms with van der Waals surface area (Å²) in [6.07, 6.45) is -1.49. The fourth-order valence-corrected chi connectivity index (χ4v) is 1.28. The van der Waals surface area contributed by atoms with E-state index in [0.29, 0.717) is 6.42 Å². The van der Waals surface area contributed by atoms with Crippen molar-refractivity contribution in [2.45, 2.75) is 6.42 Å². The molecule has 86 valence electrons. The molecule has 1 amide bonds. The van der Waals surface area contributed by atoms with Crippen LogP contribution >= 0.6 is 0 Å². The number of anilines is 1. The Hall–Kier alpha value is -0.604. The van der Waals surface area contributed by atoms with E-state index in [1.807, 2.05) is 35.3 Å². The molecule has 17 heavy (non-hydrogen) atoms. The number of carbonyl (C=O) groups excluding carboxylic acids is 1. The van der Waals surface area contributed by atoms with Crippen LogP contribution < -0.4 is 66.9 Å². The number of nitrogens with one attached hydrogen (secondary N) is 1. The van der Waals surface area contributed by atoms with Gasteiger partial charge in [0.15, 0.2) is 0 Å². The number of benzene rings is 1. The SMILES string of the molecule is O=C([O-])O.O=C1CCN(c2ccccc2)N1.[K+]. The minimum Gasteiger partial charge on any atom is -0.565 e. The van der Waals surface area contributed by atoms with Crippen LogP contribution in [0.2, 0.25) is 0 Å². The van der Waals surface area contributed by atoms with Gasteiger partial charge in [-0.15, -0.1) is 0 Å². The molecule has 0 saturated carbocycles. The minimum atomic E-state index is -2.08. The first-order valence-corrected chi connectivity index (χ1v) is 4.61. The van der Waals surface area contributed by atoms with E-state index in [0.717, 1.165) is 12.2 Å². The summed E-state index contributed by atoms with van der Waals surface area (Å²) in [6, 6.07) is 9.83. The fourth-order valence-electron chi connectivity index (χ4n) is 1.28. The van der Waals surface area contributed by atoms with Gasteiger partial charge in [-0.05, 0) is 12.1 Å². The molecule has 1 aliphatic heterocycles. The van der Waals surface area contributed by atoms with E-state index < -0.39 is 6.16 Å². The average molecular weight is 262 g/mol. The largest absolute Gasteiger partial charge is 1.00 e. The summed E-state index contributed by atoms with van der Waals surface area (Å²) in [4.78, 5) is 19.3. The third-order valence-electron chi connectivity index (χ3n) is 1.89. The monoisotopic (exact) mass is 262 g/mol. The molecule has 1 fully saturated rings. The number of carbonyl (C=O) groups is 2. The molecule has 0 unspecified atom stereocenters. The van der Waals surface area contributed by atoms with Crippen LogP contribution in [0.3, 0.4) is 0 Å². The minimum absolute atomic E-state index is 0. The van der Waals surface area contributed by atoms with Gasteiger partial charge >= 0.3 is 51.4 Å². The van der Waals surface area contributed by atoms with Gasteiger partial charge < -0.3 is 15.0 Å². The van der Waals surface area contributed by atoms with Crippen LogP contribution in [-0.4, -0.2) is 23.7 Å². The van der Waals surface area contributed by atoms with Gasteiger partial charge in [0, 0.05) is 13.0 Å². The van der Waals surface area contributed by atoms with E-state index in [-0.39, 0.29) is 57.3 Å². The maximum Gasteiger partial charge on any atom is 1.00 e. The number of hydrogen-bond donors (Lipinski definition) is 2. The van der Waals surface area contributed by atoms with Crippen molar-refractivity contribution in [2.75, 3.05) is 11.6 Å². The van der Waals surface area contributed by atoms with Gasteiger partial charge in [-0.3, -0.25) is 15.2 Å². The molecule has 7 heteroatoms. The average Bonchev–Trinajstić information content (AvgIpc) is 2.65. The Labute approximate surface area is 141 Å². The maximum absolute atomic E-state index is 10.9. The second kappa shape index (κ2) is 8.48. The summed E-state index contributed by atoms with van der Waals surface area (Å²) < 4.78 is 0. The van der Waals surface area contributed by atoms with Crippen molar-refractivity contribution in [1.82, 2.24) is 5.43 Å². The van der Waals surface area contributed by atoms with Crippen molar-refractivity contribution in [3.05, 3.63) is 30.3 Å². The van der Waals surface area contributed by atoms with Crippen molar-refractivity contribution < 1.29 is 71.2 Å². The molecule has 2 N–H and O–H groups in total. The first-order valence-electron chi connectivity index (χ1n) is 4.61. The number of para-hydroxylation sites is 1. The van der Waals surface area contributed by atoms with Gasteiger partial charge in [-0.1, -0.05) is 18.2 Å². The third-order valence-corrected chi connectivity index (χ3v) is 1.89. The number of hydrazine groups is 1. The van der Waals surface area contributed by atoms with Gasteiger partial charge in [0.1, 0.15) is 0 Å². The molecule has 0 aliphatic carbocycles. The molecule has 1 aromatic rings. The van der Waals surface area contributed by atoms with E-state index in [2.05, 4.69) is 5.43 Å². The molecule has 1 aliphatic rings. The van der Waals surface area contributed by atoms with Gasteiger partial charge in [-0.2, -0.15) is 0 Å². The van der Waals surface area contributed by atoms with E-state index in [1.165, 1.54) is 0 Å². The van der Waals surface area contributed by atoms with Gasteiger partial charge in [-0.25, -0.2) is 0 Å². The summed E-state index contributed by atoms with van der Waals surface area (Å²) in [7, 11) is 0. The summed E-state index contributed by atoms with van der Waals surface area (Å²) in [6.45, 7) is 0.767. The standard InChI is InChI=1S/C9H10N2O.CH2O3.K/c12-9-6-7-11(10-9)8-4-2-1-3-5-8;2-1(3)4;/h1-5H,6-7H2,(H,10,12);(H2,2,3,4);/q;;+1/p-1. The topological polar surface area (TPSA) is 92.7 Å². The van der Waals surface area contributed by atoms with Crippen LogP contribution in [0.1, 0.15) is 6.42 Å². The van der Waals surface area contributed by atoms with E-state index >= 15 is 0 Å². The smallest absolute Gasteiger partial charge is 0.565 e. The molecule has 0 atom stereocenters. The molecule has 1 saturated heterocycles. The maximum atomic E-state index is 10.9. The van der Waals surface area contributed by atoms with Gasteiger partial charge in [0.25, 0.3) is 0 Å². The van der Waals surface area contributed by atoms with E-state index in [1.54, 1.807) is 0 Å². The van der Waals surface area contributed by atoms with Crippen molar-refractivity contribution in [3.63, 3.8) is 0 Å². The first kappa shape index (κ1) is 16.4. The molecule has 1 heterocycles. The number of nitrogens with zero attached hydrogens (tertiary/aromatic N) is 1. The molecule has 1 aromatic carbocycles. The molecule has 0 bridgehead atoms. The normalized spacial score (nSPS) is 12.9. The molecular weight excluding hydrogens is 251 g/mol. The van der Waals surface area contributed by atoms with Crippen molar-refractivity contribution in [3.8, 4) is 0 Å². The summed E-state index contributed by atoms with van der Waals surface area (Å²) >= 11 is 0. The molecule has 0 radical (unpaired) electrons. The summed E-state index contributed by atoms with van der Waals surface area (Å²) in [5.74, 6) is 0.0962. The summed E-state index contributed by atoms with van der Waals surface area (Å²) in [5.41, 5.74) is 3.81. The van der Waals surface area contributed by atoms with E-state index in [4.69, 9.17) is 15.0 Å². The number of hydrogen-bond acceptors (Lipinski definition) is 4. The zero-order chi connectivity index (χ0) is 12.0. The second-order valence-corrected chi connectivity index (χ2v) is 3.04. The predicted octanol–water partition coefficient (Wildman–Crippen LogP) is -3.18. The quantitative estimate of drug-likeness (QED) is 0.521. The number of carboxylic acid groups (broad SMARTS) is 2. The predicted molar refractivity (Wildman–Crippen MR) is 54.6 cm³/mol. The zero-order valence-electron chi connectivity index (χ0n) is 9.42. The Balaban J connectivity index is 0.000000453. The van der Waals surface area contributed by atoms with Crippen molar-refractivity contribution >= 4 is 17.7 Å². The Bertz CT molecular complexity index is 368. The van der Waals surface area contributed by atoms with Crippen molar-refractivity contribution in [1.29, 1.82) is 0 Å². The van der Waals surface area contributed by atoms with Crippen LogP contribution in [0.15, 0.2) is 30.3 Å². The Morgan fingerprint density at radius 2 is 1.88 bits per heavy atom. The van der Waals surface area contributed by atoms with E-state index in [9.17, 15) is 4.79 Å². The van der Waals surface area contributed by atoms with Crippen LogP contribution in [0.5, 0.6) is 0 Å². The first-order chi connectivity index (χ1) is 7.59. The second-order valence-electron chi connectivity index (χ2n) is 3.04. The Morgan fingerprint density at radius 1 is 1.35 bits per heavy atom. The van der Waals surface area contributed by atoms with Crippen LogP contribution in [0, 0.1) is 0 Å². The molecular formula is C10H11KN2O4. The summed E-state index contributed by atoms with van der Waals surface area (Å²) in [5, 5.41) is 17.2. The van der Waals surface area contributed by atoms with Crippen LogP contribution in [0.4, 0.5) is 10.5 Å². The molecule has 0 aromatic heterocycles. The Kier molecular flexibility index (Phi) is 8.18.